The Labute approximate surface area is 172 Å². The van der Waals surface area contributed by atoms with Crippen molar-refractivity contribution in [1.29, 1.82) is 0 Å². The van der Waals surface area contributed by atoms with Crippen LogP contribution in [0.2, 0.25) is 0 Å². The number of urea groups is 1. The molecule has 1 aliphatic heterocycles. The van der Waals surface area contributed by atoms with E-state index in [1.165, 1.54) is 23.5 Å². The summed E-state index contributed by atoms with van der Waals surface area (Å²) in [7, 11) is 0. The number of hydrogen-bond donors (Lipinski definition) is 1. The molecule has 9 heteroatoms. The predicted molar refractivity (Wildman–Crippen MR) is 113 cm³/mol. The fraction of sp³-hybridized carbons (Fsp3) is 0.300. The summed E-state index contributed by atoms with van der Waals surface area (Å²) in [6, 6.07) is 10.2. The Balaban J connectivity index is 1.61. The van der Waals surface area contributed by atoms with Crippen LogP contribution < -0.4 is 5.32 Å². The zero-order valence-electron chi connectivity index (χ0n) is 16.0. The summed E-state index contributed by atoms with van der Waals surface area (Å²) in [5.41, 5.74) is 0.626. The van der Waals surface area contributed by atoms with Gasteiger partial charge in [0.2, 0.25) is 5.91 Å². The number of carbonyl (C=O) groups is 2. The van der Waals surface area contributed by atoms with Gasteiger partial charge in [-0.05, 0) is 31.2 Å². The average molecular weight is 414 g/mol. The van der Waals surface area contributed by atoms with Crippen LogP contribution in [0.1, 0.15) is 11.8 Å². The Morgan fingerprint density at radius 3 is 2.52 bits per heavy atom. The largest absolute Gasteiger partial charge is 0.338 e. The summed E-state index contributed by atoms with van der Waals surface area (Å²) in [6.45, 7) is 4.45. The number of nitro benzene ring substituents is 1. The molecule has 1 N–H and O–H groups in total. The van der Waals surface area contributed by atoms with E-state index in [0.717, 1.165) is 9.75 Å². The number of carbonyl (C=O) groups excluding carboxylic acids is 2. The minimum Gasteiger partial charge on any atom is -0.338 e. The molecule has 2 heterocycles. The van der Waals surface area contributed by atoms with Crippen LogP contribution in [0.15, 0.2) is 42.5 Å². The monoisotopic (exact) mass is 414 g/mol. The Morgan fingerprint density at radius 1 is 1.14 bits per heavy atom. The number of piperazine rings is 1. The molecular formula is C20H22N4O4S. The highest BCUT2D eigenvalue weighted by atomic mass is 32.1. The lowest BCUT2D eigenvalue weighted by atomic mass is 10.1. The molecule has 0 aliphatic carbocycles. The Hall–Kier alpha value is -3.20. The lowest BCUT2D eigenvalue weighted by Crippen LogP contribution is -2.52. The molecular weight excluding hydrogens is 392 g/mol. The number of nitro groups is 1. The molecule has 0 atom stereocenters. The van der Waals surface area contributed by atoms with Gasteiger partial charge in [0.25, 0.3) is 5.69 Å². The molecule has 0 bridgehead atoms. The third-order valence-corrected chi connectivity index (χ3v) is 5.67. The van der Waals surface area contributed by atoms with Gasteiger partial charge in [0.1, 0.15) is 0 Å². The lowest BCUT2D eigenvalue weighted by molar-refractivity contribution is -0.384. The van der Waals surface area contributed by atoms with Crippen LogP contribution in [-0.2, 0) is 4.79 Å². The topological polar surface area (TPSA) is 95.8 Å². The highest BCUT2D eigenvalue weighted by Gasteiger charge is 2.22. The maximum Gasteiger partial charge on any atom is 0.317 e. The van der Waals surface area contributed by atoms with Crippen LogP contribution in [0.3, 0.4) is 0 Å². The van der Waals surface area contributed by atoms with E-state index in [9.17, 15) is 19.7 Å². The van der Waals surface area contributed by atoms with Crippen LogP contribution in [-0.4, -0.2) is 59.4 Å². The van der Waals surface area contributed by atoms with Gasteiger partial charge < -0.3 is 15.1 Å². The fourth-order valence-corrected chi connectivity index (χ4v) is 4.02. The van der Waals surface area contributed by atoms with E-state index in [1.807, 2.05) is 19.1 Å². The molecule has 2 aromatic rings. The number of amides is 3. The number of hydrogen-bond acceptors (Lipinski definition) is 5. The third kappa shape index (κ3) is 5.00. The fourth-order valence-electron chi connectivity index (χ4n) is 3.08. The molecule has 152 valence electrons. The minimum atomic E-state index is -0.394. The summed E-state index contributed by atoms with van der Waals surface area (Å²) < 4.78 is 0. The molecule has 1 fully saturated rings. The second-order valence-corrected chi connectivity index (χ2v) is 7.57. The second kappa shape index (κ2) is 9.33. The zero-order valence-corrected chi connectivity index (χ0v) is 16.9. The van der Waals surface area contributed by atoms with Gasteiger partial charge in [0, 0.05) is 54.6 Å². The number of para-hydroxylation sites is 1. The maximum absolute atomic E-state index is 12.4. The summed E-state index contributed by atoms with van der Waals surface area (Å²) in [6.07, 6.45) is 3.23. The first-order valence-electron chi connectivity index (χ1n) is 9.33. The minimum absolute atomic E-state index is 0.0611. The van der Waals surface area contributed by atoms with E-state index in [4.69, 9.17) is 0 Å². The van der Waals surface area contributed by atoms with Crippen molar-refractivity contribution >= 4 is 35.0 Å². The van der Waals surface area contributed by atoms with Crippen LogP contribution in [0.4, 0.5) is 10.5 Å². The smallest absolute Gasteiger partial charge is 0.317 e. The maximum atomic E-state index is 12.4. The van der Waals surface area contributed by atoms with E-state index >= 15 is 0 Å². The Bertz CT molecular complexity index is 932. The normalized spacial score (nSPS) is 14.2. The first-order chi connectivity index (χ1) is 14.0. The van der Waals surface area contributed by atoms with Crippen molar-refractivity contribution < 1.29 is 14.5 Å². The molecule has 1 aliphatic rings. The van der Waals surface area contributed by atoms with Gasteiger partial charge in [0.05, 0.1) is 10.5 Å². The summed E-state index contributed by atoms with van der Waals surface area (Å²) in [5.74, 6) is -0.110. The molecule has 0 saturated carbocycles. The van der Waals surface area contributed by atoms with E-state index in [-0.39, 0.29) is 17.6 Å². The van der Waals surface area contributed by atoms with Gasteiger partial charge >= 0.3 is 6.03 Å². The summed E-state index contributed by atoms with van der Waals surface area (Å²) >= 11 is 1.39. The van der Waals surface area contributed by atoms with E-state index in [1.54, 1.807) is 34.1 Å². The number of nitrogens with one attached hydrogen (secondary N) is 1. The van der Waals surface area contributed by atoms with Crippen molar-refractivity contribution in [1.82, 2.24) is 15.1 Å². The number of rotatable bonds is 5. The van der Waals surface area contributed by atoms with Crippen molar-refractivity contribution in [2.75, 3.05) is 32.7 Å². The van der Waals surface area contributed by atoms with Gasteiger partial charge in [-0.25, -0.2) is 4.79 Å². The van der Waals surface area contributed by atoms with Gasteiger partial charge in [-0.1, -0.05) is 12.1 Å². The van der Waals surface area contributed by atoms with Crippen molar-refractivity contribution in [3.8, 4) is 10.4 Å². The quantitative estimate of drug-likeness (QED) is 0.462. The second-order valence-electron chi connectivity index (χ2n) is 6.46. The Morgan fingerprint density at radius 2 is 1.83 bits per heavy atom. The van der Waals surface area contributed by atoms with Crippen molar-refractivity contribution in [2.24, 2.45) is 0 Å². The molecule has 1 saturated heterocycles. The van der Waals surface area contributed by atoms with E-state index < -0.39 is 4.92 Å². The van der Waals surface area contributed by atoms with Gasteiger partial charge in [-0.15, -0.1) is 11.3 Å². The van der Waals surface area contributed by atoms with E-state index in [2.05, 4.69) is 5.32 Å². The lowest BCUT2D eigenvalue weighted by Gasteiger charge is -2.34. The van der Waals surface area contributed by atoms with Gasteiger partial charge in [-0.2, -0.15) is 0 Å². The van der Waals surface area contributed by atoms with Crippen LogP contribution >= 0.6 is 11.3 Å². The number of nitrogens with zero attached hydrogens (tertiary/aromatic N) is 3. The molecule has 1 aromatic heterocycles. The van der Waals surface area contributed by atoms with E-state index in [0.29, 0.717) is 38.3 Å². The first kappa shape index (κ1) is 20.5. The van der Waals surface area contributed by atoms with Crippen molar-refractivity contribution in [3.63, 3.8) is 0 Å². The van der Waals surface area contributed by atoms with Crippen LogP contribution in [0, 0.1) is 10.1 Å². The summed E-state index contributed by atoms with van der Waals surface area (Å²) in [5, 5.41) is 14.0. The van der Waals surface area contributed by atoms with Crippen LogP contribution in [0.5, 0.6) is 0 Å². The van der Waals surface area contributed by atoms with Crippen molar-refractivity contribution in [2.45, 2.75) is 6.92 Å². The Kier molecular flexibility index (Phi) is 6.61. The molecule has 29 heavy (non-hydrogen) atoms. The highest BCUT2D eigenvalue weighted by molar-refractivity contribution is 7.16. The standard InChI is InChI=1S/C20H22N4O4S/c1-2-21-20(26)23-13-11-22(12-14-23)19(25)10-8-15-7-9-18(29-15)16-5-3-4-6-17(16)24(27)28/h3-10H,2,11-14H2,1H3,(H,21,26). The van der Waals surface area contributed by atoms with Gasteiger partial charge in [-0.3, -0.25) is 14.9 Å². The summed E-state index contributed by atoms with van der Waals surface area (Å²) in [4.78, 5) is 40.1. The molecule has 3 amide bonds. The molecule has 0 unspecified atom stereocenters. The zero-order chi connectivity index (χ0) is 20.8. The predicted octanol–water partition coefficient (Wildman–Crippen LogP) is 3.21. The van der Waals surface area contributed by atoms with Gasteiger partial charge in [0.15, 0.2) is 0 Å². The molecule has 3 rings (SSSR count). The highest BCUT2D eigenvalue weighted by Crippen LogP contribution is 2.35. The molecule has 0 spiro atoms. The van der Waals surface area contributed by atoms with Crippen LogP contribution in [0.25, 0.3) is 16.5 Å². The number of benzene rings is 1. The molecule has 1 aromatic carbocycles. The van der Waals surface area contributed by atoms with Crippen molar-refractivity contribution in [3.05, 3.63) is 57.5 Å². The first-order valence-corrected chi connectivity index (χ1v) is 10.1. The SMILES string of the molecule is CCNC(=O)N1CCN(C(=O)C=Cc2ccc(-c3ccccc3[N+](=O)[O-])s2)CC1. The molecule has 0 radical (unpaired) electrons. The molecule has 8 nitrogen and oxygen atoms in total. The average Bonchev–Trinajstić information content (AvgIpc) is 3.21. The third-order valence-electron chi connectivity index (χ3n) is 4.59. The number of thiophene rings is 1.